The zero-order valence-corrected chi connectivity index (χ0v) is 14.4. The van der Waals surface area contributed by atoms with Gasteiger partial charge in [0.05, 0.1) is 5.69 Å². The first kappa shape index (κ1) is 20.1. The summed E-state index contributed by atoms with van der Waals surface area (Å²) in [5, 5.41) is 14.8. The third-order valence-corrected chi connectivity index (χ3v) is 4.16. The first-order chi connectivity index (χ1) is 11.5. The van der Waals surface area contributed by atoms with Gasteiger partial charge < -0.3 is 10.2 Å². The highest BCUT2D eigenvalue weighted by atomic mass is 16.4. The molecule has 1 aromatic heterocycles. The average Bonchev–Trinajstić information content (AvgIpc) is 2.59. The maximum atomic E-state index is 9.10. The molecule has 7 nitrogen and oxygen atoms in total. The SMILES string of the molecule is CCC(CC)N1CCN(Cc2ccccn2)CC1.O=C(O)C(=O)O. The number of nitrogens with zero attached hydrogens (tertiary/aromatic N) is 3. The molecule has 0 atom stereocenters. The lowest BCUT2D eigenvalue weighted by atomic mass is 10.1. The lowest BCUT2D eigenvalue weighted by Crippen LogP contribution is -2.49. The summed E-state index contributed by atoms with van der Waals surface area (Å²) < 4.78 is 0. The maximum Gasteiger partial charge on any atom is 0.414 e. The van der Waals surface area contributed by atoms with Gasteiger partial charge in [-0.25, -0.2) is 9.59 Å². The molecule has 1 aromatic rings. The van der Waals surface area contributed by atoms with Crippen molar-refractivity contribution in [2.75, 3.05) is 26.2 Å². The van der Waals surface area contributed by atoms with Crippen LogP contribution in [0.2, 0.25) is 0 Å². The van der Waals surface area contributed by atoms with E-state index in [1.54, 1.807) is 0 Å². The van der Waals surface area contributed by atoms with Crippen LogP contribution < -0.4 is 0 Å². The van der Waals surface area contributed by atoms with Crippen LogP contribution in [0.15, 0.2) is 24.4 Å². The van der Waals surface area contributed by atoms with E-state index in [2.05, 4.69) is 40.8 Å². The lowest BCUT2D eigenvalue weighted by molar-refractivity contribution is -0.159. The molecule has 1 aliphatic heterocycles. The molecule has 0 aliphatic carbocycles. The number of aliphatic carboxylic acids is 2. The van der Waals surface area contributed by atoms with Gasteiger partial charge in [0, 0.05) is 45.0 Å². The second-order valence-electron chi connectivity index (χ2n) is 5.71. The van der Waals surface area contributed by atoms with Crippen molar-refractivity contribution in [1.29, 1.82) is 0 Å². The summed E-state index contributed by atoms with van der Waals surface area (Å²) in [5.74, 6) is -3.65. The summed E-state index contributed by atoms with van der Waals surface area (Å²) >= 11 is 0. The monoisotopic (exact) mass is 337 g/mol. The van der Waals surface area contributed by atoms with E-state index < -0.39 is 11.9 Å². The van der Waals surface area contributed by atoms with Gasteiger partial charge in [-0.15, -0.1) is 0 Å². The molecule has 0 radical (unpaired) electrons. The first-order valence-corrected chi connectivity index (χ1v) is 8.30. The number of aromatic nitrogens is 1. The quantitative estimate of drug-likeness (QED) is 0.787. The minimum atomic E-state index is -1.82. The van der Waals surface area contributed by atoms with E-state index in [9.17, 15) is 0 Å². The summed E-state index contributed by atoms with van der Waals surface area (Å²) in [6, 6.07) is 6.95. The fraction of sp³-hybridized carbons (Fsp3) is 0.588. The molecule has 24 heavy (non-hydrogen) atoms. The van der Waals surface area contributed by atoms with Crippen molar-refractivity contribution in [2.24, 2.45) is 0 Å². The molecule has 0 aromatic carbocycles. The van der Waals surface area contributed by atoms with Crippen LogP contribution in [-0.2, 0) is 16.1 Å². The third-order valence-electron chi connectivity index (χ3n) is 4.16. The smallest absolute Gasteiger partial charge is 0.414 e. The number of rotatable bonds is 5. The Morgan fingerprint density at radius 2 is 1.67 bits per heavy atom. The largest absolute Gasteiger partial charge is 0.473 e. The van der Waals surface area contributed by atoms with Crippen LogP contribution in [0.3, 0.4) is 0 Å². The van der Waals surface area contributed by atoms with Crippen molar-refractivity contribution < 1.29 is 19.8 Å². The molecule has 1 saturated heterocycles. The molecular weight excluding hydrogens is 310 g/mol. The van der Waals surface area contributed by atoms with Gasteiger partial charge in [0.25, 0.3) is 0 Å². The Hall–Kier alpha value is -1.99. The van der Waals surface area contributed by atoms with E-state index in [-0.39, 0.29) is 0 Å². The molecule has 1 aliphatic rings. The Labute approximate surface area is 142 Å². The Morgan fingerprint density at radius 1 is 1.08 bits per heavy atom. The van der Waals surface area contributed by atoms with Gasteiger partial charge in [-0.1, -0.05) is 19.9 Å². The van der Waals surface area contributed by atoms with Crippen LogP contribution in [0.1, 0.15) is 32.4 Å². The summed E-state index contributed by atoms with van der Waals surface area (Å²) in [4.78, 5) is 27.8. The number of pyridine rings is 1. The Bertz CT molecular complexity index is 486. The normalized spacial score (nSPS) is 15.6. The van der Waals surface area contributed by atoms with E-state index in [0.29, 0.717) is 0 Å². The predicted octanol–water partition coefficient (Wildman–Crippen LogP) is 1.54. The van der Waals surface area contributed by atoms with Gasteiger partial charge in [0.2, 0.25) is 0 Å². The fourth-order valence-electron chi connectivity index (χ4n) is 2.81. The molecule has 134 valence electrons. The number of piperazine rings is 1. The van der Waals surface area contributed by atoms with Crippen molar-refractivity contribution in [1.82, 2.24) is 14.8 Å². The van der Waals surface area contributed by atoms with Crippen LogP contribution in [0, 0.1) is 0 Å². The minimum absolute atomic E-state index is 0.780. The van der Waals surface area contributed by atoms with Gasteiger partial charge in [-0.3, -0.25) is 14.8 Å². The summed E-state index contributed by atoms with van der Waals surface area (Å²) in [6.45, 7) is 10.4. The number of hydrogen-bond acceptors (Lipinski definition) is 5. The van der Waals surface area contributed by atoms with Gasteiger partial charge in [0.1, 0.15) is 0 Å². The summed E-state index contributed by atoms with van der Waals surface area (Å²) in [7, 11) is 0. The highest BCUT2D eigenvalue weighted by Crippen LogP contribution is 2.13. The Kier molecular flexibility index (Phi) is 8.96. The van der Waals surface area contributed by atoms with Crippen LogP contribution in [0.25, 0.3) is 0 Å². The molecule has 0 unspecified atom stereocenters. The van der Waals surface area contributed by atoms with Gasteiger partial charge in [-0.2, -0.15) is 0 Å². The first-order valence-electron chi connectivity index (χ1n) is 8.30. The standard InChI is InChI=1S/C15H25N3.C2H2O4/c1-3-15(4-2)18-11-9-17(10-12-18)13-14-7-5-6-8-16-14;3-1(4)2(5)6/h5-8,15H,3-4,9-13H2,1-2H3;(H,3,4)(H,5,6). The van der Waals surface area contributed by atoms with E-state index in [1.807, 2.05) is 12.3 Å². The Morgan fingerprint density at radius 3 is 2.08 bits per heavy atom. The molecule has 7 heteroatoms. The fourth-order valence-corrected chi connectivity index (χ4v) is 2.81. The Balaban J connectivity index is 0.000000413. The van der Waals surface area contributed by atoms with Crippen LogP contribution >= 0.6 is 0 Å². The second-order valence-corrected chi connectivity index (χ2v) is 5.71. The number of carbonyl (C=O) groups is 2. The van der Waals surface area contributed by atoms with Gasteiger partial charge in [-0.05, 0) is 25.0 Å². The van der Waals surface area contributed by atoms with Crippen molar-refractivity contribution >= 4 is 11.9 Å². The van der Waals surface area contributed by atoms with Crippen molar-refractivity contribution in [3.8, 4) is 0 Å². The minimum Gasteiger partial charge on any atom is -0.473 e. The third kappa shape index (κ3) is 7.06. The van der Waals surface area contributed by atoms with Crippen molar-refractivity contribution in [2.45, 2.75) is 39.3 Å². The summed E-state index contributed by atoms with van der Waals surface area (Å²) in [5.41, 5.74) is 1.19. The summed E-state index contributed by atoms with van der Waals surface area (Å²) in [6.07, 6.45) is 4.43. The maximum absolute atomic E-state index is 9.10. The predicted molar refractivity (Wildman–Crippen MR) is 90.7 cm³/mol. The van der Waals surface area contributed by atoms with E-state index in [0.717, 1.165) is 12.6 Å². The highest BCUT2D eigenvalue weighted by Gasteiger charge is 2.21. The molecule has 0 spiro atoms. The molecular formula is C17H27N3O4. The van der Waals surface area contributed by atoms with E-state index >= 15 is 0 Å². The van der Waals surface area contributed by atoms with Crippen molar-refractivity contribution in [3.63, 3.8) is 0 Å². The number of hydrogen-bond donors (Lipinski definition) is 2. The molecule has 2 N–H and O–H groups in total. The van der Waals surface area contributed by atoms with E-state index in [1.165, 1.54) is 44.7 Å². The zero-order chi connectivity index (χ0) is 17.9. The van der Waals surface area contributed by atoms with Crippen LogP contribution in [-0.4, -0.2) is 69.2 Å². The lowest BCUT2D eigenvalue weighted by Gasteiger charge is -2.38. The molecule has 2 rings (SSSR count). The van der Waals surface area contributed by atoms with E-state index in [4.69, 9.17) is 19.8 Å². The van der Waals surface area contributed by atoms with Crippen LogP contribution in [0.5, 0.6) is 0 Å². The topological polar surface area (TPSA) is 94.0 Å². The van der Waals surface area contributed by atoms with Crippen LogP contribution in [0.4, 0.5) is 0 Å². The second kappa shape index (κ2) is 10.7. The molecule has 1 fully saturated rings. The molecule has 2 heterocycles. The molecule has 0 saturated carbocycles. The van der Waals surface area contributed by atoms with Crippen molar-refractivity contribution in [3.05, 3.63) is 30.1 Å². The molecule has 0 amide bonds. The number of carboxylic acid groups (broad SMARTS) is 2. The average molecular weight is 337 g/mol. The number of carboxylic acids is 2. The zero-order valence-electron chi connectivity index (χ0n) is 14.4. The van der Waals surface area contributed by atoms with Gasteiger partial charge in [0.15, 0.2) is 0 Å². The highest BCUT2D eigenvalue weighted by molar-refractivity contribution is 6.27. The molecule has 0 bridgehead atoms. The van der Waals surface area contributed by atoms with Gasteiger partial charge >= 0.3 is 11.9 Å².